The predicted molar refractivity (Wildman–Crippen MR) is 62.6 cm³/mol. The van der Waals surface area contributed by atoms with Gasteiger partial charge in [-0.25, -0.2) is 0 Å². The van der Waals surface area contributed by atoms with Gasteiger partial charge in [0.1, 0.15) is 0 Å². The van der Waals surface area contributed by atoms with Gasteiger partial charge in [0.05, 0.1) is 0 Å². The second-order valence-corrected chi connectivity index (χ2v) is 3.68. The molecule has 0 aromatic rings. The Bertz CT molecular complexity index is 316. The van der Waals surface area contributed by atoms with E-state index in [1.807, 2.05) is 41.5 Å². The van der Waals surface area contributed by atoms with Gasteiger partial charge in [-0.2, -0.15) is 5.73 Å². The maximum atomic E-state index is 4.14. The van der Waals surface area contributed by atoms with Gasteiger partial charge in [0.25, 0.3) is 0 Å². The van der Waals surface area contributed by atoms with E-state index in [-0.39, 0.29) is 32.7 Å². The first-order valence-electron chi connectivity index (χ1n) is 4.70. The number of nitrogens with zero attached hydrogens (tertiary/aromatic N) is 1. The molecule has 0 unspecified atom stereocenters. The molecule has 0 aromatic carbocycles. The van der Waals surface area contributed by atoms with E-state index in [1.165, 1.54) is 0 Å². The van der Waals surface area contributed by atoms with Gasteiger partial charge in [-0.1, -0.05) is 20.1 Å². The molecule has 0 aliphatic carbocycles. The standard InChI is InChI=1S/C13H18N.Y/c1-10(2)7-12(5)9-14-13(6)8-11(3)4;/h1-6H3;/q-1;. The van der Waals surface area contributed by atoms with Crippen molar-refractivity contribution >= 4 is 6.21 Å². The van der Waals surface area contributed by atoms with E-state index in [1.54, 1.807) is 0 Å². The zero-order chi connectivity index (χ0) is 11.1. The second kappa shape index (κ2) is 9.07. The predicted octanol–water partition coefficient (Wildman–Crippen LogP) is 3.91. The Kier molecular flexibility index (Phi) is 10.4. The Morgan fingerprint density at radius 1 is 0.867 bits per heavy atom. The molecule has 1 radical (unpaired) electrons. The molecule has 0 aliphatic rings. The molecule has 15 heavy (non-hydrogen) atoms. The van der Waals surface area contributed by atoms with Crippen LogP contribution in [0.25, 0.3) is 0 Å². The van der Waals surface area contributed by atoms with Crippen LogP contribution in [0.1, 0.15) is 41.5 Å². The average Bonchev–Trinajstić information content (AvgIpc) is 1.98. The van der Waals surface area contributed by atoms with Crippen LogP contribution in [-0.2, 0) is 32.7 Å². The molecule has 0 fully saturated rings. The van der Waals surface area contributed by atoms with Crippen molar-refractivity contribution in [3.8, 4) is 0 Å². The van der Waals surface area contributed by atoms with Crippen LogP contribution in [0.3, 0.4) is 0 Å². The first-order valence-corrected chi connectivity index (χ1v) is 4.70. The largest absolute Gasteiger partial charge is 0.381 e. The normalized spacial score (nSPS) is 8.67. The molecule has 0 aromatic heterocycles. The Balaban J connectivity index is 0. The van der Waals surface area contributed by atoms with E-state index in [4.69, 9.17) is 0 Å². The number of hydrogen-bond donors (Lipinski definition) is 0. The van der Waals surface area contributed by atoms with Gasteiger partial charge in [-0.3, -0.25) is 5.73 Å². The van der Waals surface area contributed by atoms with Gasteiger partial charge in [0, 0.05) is 32.7 Å². The first kappa shape index (κ1) is 17.2. The maximum absolute atomic E-state index is 4.14. The van der Waals surface area contributed by atoms with Crippen LogP contribution in [0.4, 0.5) is 0 Å². The zero-order valence-electron chi connectivity index (χ0n) is 10.5. The SMILES string of the molecule is CC(C)=C=C(C)[C-]=NC(C)=C=C(C)C.[Y]. The van der Waals surface area contributed by atoms with Crippen LogP contribution in [0.15, 0.2) is 38.9 Å². The molecular formula is C13H18NY-. The minimum atomic E-state index is 0. The molecule has 0 aliphatic heterocycles. The van der Waals surface area contributed by atoms with Gasteiger partial charge >= 0.3 is 0 Å². The summed E-state index contributed by atoms with van der Waals surface area (Å²) in [5.41, 5.74) is 10.3. The van der Waals surface area contributed by atoms with Crippen LogP contribution in [-0.4, -0.2) is 6.21 Å². The smallest absolute Gasteiger partial charge is 0 e. The van der Waals surface area contributed by atoms with Crippen LogP contribution < -0.4 is 0 Å². The van der Waals surface area contributed by atoms with E-state index in [2.05, 4.69) is 22.7 Å². The minimum Gasteiger partial charge on any atom is -0.381 e. The summed E-state index contributed by atoms with van der Waals surface area (Å²) in [6.07, 6.45) is 2.92. The van der Waals surface area contributed by atoms with Crippen LogP contribution in [0.5, 0.6) is 0 Å². The summed E-state index contributed by atoms with van der Waals surface area (Å²) in [6.45, 7) is 11.9. The van der Waals surface area contributed by atoms with Crippen molar-refractivity contribution in [1.82, 2.24) is 0 Å². The fourth-order valence-electron chi connectivity index (χ4n) is 0.960. The van der Waals surface area contributed by atoms with Crippen LogP contribution in [0.2, 0.25) is 0 Å². The van der Waals surface area contributed by atoms with Gasteiger partial charge < -0.3 is 4.99 Å². The summed E-state index contributed by atoms with van der Waals surface area (Å²) >= 11 is 0. The third kappa shape index (κ3) is 11.7. The molecule has 2 heteroatoms. The van der Waals surface area contributed by atoms with Crippen LogP contribution in [0, 0.1) is 0 Å². The zero-order valence-corrected chi connectivity index (χ0v) is 13.4. The van der Waals surface area contributed by atoms with E-state index in [0.29, 0.717) is 0 Å². The number of hydrogen-bond acceptors (Lipinski definition) is 1. The topological polar surface area (TPSA) is 12.4 Å². The van der Waals surface area contributed by atoms with E-state index >= 15 is 0 Å². The quantitative estimate of drug-likeness (QED) is 0.412. The fraction of sp³-hybridized carbons (Fsp3) is 0.462. The van der Waals surface area contributed by atoms with Crippen molar-refractivity contribution in [1.29, 1.82) is 0 Å². The van der Waals surface area contributed by atoms with Gasteiger partial charge in [0.15, 0.2) is 0 Å². The minimum absolute atomic E-state index is 0. The van der Waals surface area contributed by atoms with Crippen molar-refractivity contribution < 1.29 is 32.7 Å². The summed E-state index contributed by atoms with van der Waals surface area (Å²) < 4.78 is 0. The summed E-state index contributed by atoms with van der Waals surface area (Å²) in [5.74, 6) is 0. The second-order valence-electron chi connectivity index (χ2n) is 3.68. The molecule has 0 saturated carbocycles. The summed E-state index contributed by atoms with van der Waals surface area (Å²) in [4.78, 5) is 4.14. The molecular weight excluding hydrogens is 259 g/mol. The molecule has 0 bridgehead atoms. The molecule has 0 N–H and O–H groups in total. The Labute approximate surface area is 119 Å². The Hall–Kier alpha value is -0.186. The summed E-state index contributed by atoms with van der Waals surface area (Å²) in [7, 11) is 0. The summed E-state index contributed by atoms with van der Waals surface area (Å²) in [5, 5.41) is 0. The fourth-order valence-corrected chi connectivity index (χ4v) is 0.960. The molecule has 0 heterocycles. The van der Waals surface area contributed by atoms with Crippen LogP contribution >= 0.6 is 0 Å². The van der Waals surface area contributed by atoms with Crippen molar-refractivity contribution in [2.24, 2.45) is 4.99 Å². The molecule has 79 valence electrons. The average molecular weight is 277 g/mol. The number of aliphatic imine (C=N–C) groups is 1. The third-order valence-corrected chi connectivity index (χ3v) is 1.26. The molecule has 0 rings (SSSR count). The molecule has 0 spiro atoms. The summed E-state index contributed by atoms with van der Waals surface area (Å²) in [6, 6.07) is 0. The Morgan fingerprint density at radius 2 is 1.33 bits per heavy atom. The van der Waals surface area contributed by atoms with E-state index in [0.717, 1.165) is 22.4 Å². The maximum Gasteiger partial charge on any atom is 0 e. The number of rotatable bonds is 2. The van der Waals surface area contributed by atoms with Crippen molar-refractivity contribution in [2.45, 2.75) is 41.5 Å². The van der Waals surface area contributed by atoms with Crippen molar-refractivity contribution in [3.63, 3.8) is 0 Å². The molecule has 0 atom stereocenters. The number of allylic oxidation sites excluding steroid dienone is 2. The van der Waals surface area contributed by atoms with Crippen molar-refractivity contribution in [3.05, 3.63) is 33.9 Å². The Morgan fingerprint density at radius 3 is 1.73 bits per heavy atom. The van der Waals surface area contributed by atoms with E-state index in [9.17, 15) is 0 Å². The molecule has 0 saturated heterocycles. The van der Waals surface area contributed by atoms with Gasteiger partial charge in [-0.05, 0) is 39.0 Å². The van der Waals surface area contributed by atoms with E-state index < -0.39 is 0 Å². The van der Waals surface area contributed by atoms with Gasteiger partial charge in [0.2, 0.25) is 0 Å². The third-order valence-electron chi connectivity index (χ3n) is 1.26. The van der Waals surface area contributed by atoms with Crippen molar-refractivity contribution in [2.75, 3.05) is 0 Å². The first-order chi connectivity index (χ1) is 6.41. The molecule has 0 amide bonds. The molecule has 1 nitrogen and oxygen atoms in total. The van der Waals surface area contributed by atoms with Gasteiger partial charge in [-0.15, -0.1) is 11.1 Å². The monoisotopic (exact) mass is 277 g/mol.